The Morgan fingerprint density at radius 1 is 1.00 bits per heavy atom. The molecule has 0 aliphatic carbocycles. The highest BCUT2D eigenvalue weighted by Gasteiger charge is 2.14. The highest BCUT2D eigenvalue weighted by atomic mass is 35.5. The van der Waals surface area contributed by atoms with Crippen LogP contribution in [-0.4, -0.2) is 14.2 Å². The van der Waals surface area contributed by atoms with E-state index in [-0.39, 0.29) is 0 Å². The third kappa shape index (κ3) is 2.72. The Kier molecular flexibility index (Phi) is 4.38. The van der Waals surface area contributed by atoms with Crippen molar-refractivity contribution in [2.75, 3.05) is 14.2 Å². The van der Waals surface area contributed by atoms with Crippen molar-refractivity contribution in [2.24, 2.45) is 0 Å². The molecule has 102 valence electrons. The van der Waals surface area contributed by atoms with Gasteiger partial charge in [-0.05, 0) is 48.7 Å². The van der Waals surface area contributed by atoms with Crippen LogP contribution in [0.25, 0.3) is 11.1 Å². The molecule has 0 saturated carbocycles. The minimum atomic E-state index is 0.553. The molecule has 2 rings (SSSR count). The third-order valence-corrected chi connectivity index (χ3v) is 4.62. The van der Waals surface area contributed by atoms with Crippen LogP contribution in [0.3, 0.4) is 0 Å². The number of hydrogen-bond donors (Lipinski definition) is 0. The Hall–Kier alpha value is -1.19. The van der Waals surface area contributed by atoms with E-state index in [0.29, 0.717) is 5.88 Å². The van der Waals surface area contributed by atoms with Crippen molar-refractivity contribution in [3.63, 3.8) is 0 Å². The first-order valence-electron chi connectivity index (χ1n) is 5.99. The SMILES string of the molecule is COc1cc(C)c(-c2cc(CCl)sc2C)cc1OC. The lowest BCUT2D eigenvalue weighted by atomic mass is 10.00. The van der Waals surface area contributed by atoms with Crippen LogP contribution in [0.2, 0.25) is 0 Å². The van der Waals surface area contributed by atoms with Crippen LogP contribution in [-0.2, 0) is 5.88 Å². The average molecular weight is 297 g/mol. The number of aryl methyl sites for hydroxylation is 2. The Labute approximate surface area is 122 Å². The second-order valence-electron chi connectivity index (χ2n) is 4.34. The summed E-state index contributed by atoms with van der Waals surface area (Å²) in [7, 11) is 3.31. The molecular weight excluding hydrogens is 280 g/mol. The predicted molar refractivity (Wildman–Crippen MR) is 81.9 cm³/mol. The Bertz CT molecular complexity index is 590. The van der Waals surface area contributed by atoms with Crippen molar-refractivity contribution in [1.29, 1.82) is 0 Å². The van der Waals surface area contributed by atoms with Gasteiger partial charge in [-0.2, -0.15) is 0 Å². The maximum absolute atomic E-state index is 5.91. The molecule has 19 heavy (non-hydrogen) atoms. The number of alkyl halides is 1. The Morgan fingerprint density at radius 3 is 2.16 bits per heavy atom. The summed E-state index contributed by atoms with van der Waals surface area (Å²) in [6.07, 6.45) is 0. The number of thiophene rings is 1. The van der Waals surface area contributed by atoms with Gasteiger partial charge in [0.2, 0.25) is 0 Å². The maximum Gasteiger partial charge on any atom is 0.161 e. The van der Waals surface area contributed by atoms with E-state index in [1.54, 1.807) is 25.6 Å². The van der Waals surface area contributed by atoms with Crippen molar-refractivity contribution < 1.29 is 9.47 Å². The zero-order valence-electron chi connectivity index (χ0n) is 11.5. The van der Waals surface area contributed by atoms with Gasteiger partial charge in [-0.3, -0.25) is 0 Å². The molecule has 2 aromatic rings. The largest absolute Gasteiger partial charge is 0.493 e. The molecule has 0 fully saturated rings. The molecule has 0 radical (unpaired) electrons. The second-order valence-corrected chi connectivity index (χ2v) is 5.95. The highest BCUT2D eigenvalue weighted by molar-refractivity contribution is 7.12. The summed E-state index contributed by atoms with van der Waals surface area (Å²) >= 11 is 7.65. The van der Waals surface area contributed by atoms with Gasteiger partial charge in [-0.1, -0.05) is 0 Å². The highest BCUT2D eigenvalue weighted by Crippen LogP contribution is 2.39. The predicted octanol–water partition coefficient (Wildman–Crippen LogP) is 4.79. The number of halogens is 1. The summed E-state index contributed by atoms with van der Waals surface area (Å²) in [5.41, 5.74) is 3.56. The van der Waals surface area contributed by atoms with Gasteiger partial charge in [-0.25, -0.2) is 0 Å². The van der Waals surface area contributed by atoms with Gasteiger partial charge in [0.25, 0.3) is 0 Å². The molecule has 2 nitrogen and oxygen atoms in total. The minimum absolute atomic E-state index is 0.553. The van der Waals surface area contributed by atoms with Gasteiger partial charge in [0.15, 0.2) is 11.5 Å². The van der Waals surface area contributed by atoms with Crippen LogP contribution >= 0.6 is 22.9 Å². The lowest BCUT2D eigenvalue weighted by Gasteiger charge is -2.12. The Balaban J connectivity index is 2.58. The average Bonchev–Trinajstić information content (AvgIpc) is 2.79. The molecule has 1 aromatic carbocycles. The van der Waals surface area contributed by atoms with Crippen molar-refractivity contribution in [1.82, 2.24) is 0 Å². The molecule has 1 aromatic heterocycles. The number of ether oxygens (including phenoxy) is 2. The van der Waals surface area contributed by atoms with E-state index >= 15 is 0 Å². The van der Waals surface area contributed by atoms with E-state index in [1.807, 2.05) is 12.1 Å². The molecular formula is C15H17ClO2S. The molecule has 0 unspecified atom stereocenters. The van der Waals surface area contributed by atoms with Gasteiger partial charge < -0.3 is 9.47 Å². The first kappa shape index (κ1) is 14.2. The number of methoxy groups -OCH3 is 2. The molecule has 0 bridgehead atoms. The van der Waals surface area contributed by atoms with Crippen molar-refractivity contribution in [2.45, 2.75) is 19.7 Å². The number of hydrogen-bond acceptors (Lipinski definition) is 3. The minimum Gasteiger partial charge on any atom is -0.493 e. The van der Waals surface area contributed by atoms with E-state index in [4.69, 9.17) is 21.1 Å². The van der Waals surface area contributed by atoms with Gasteiger partial charge in [0.05, 0.1) is 20.1 Å². The van der Waals surface area contributed by atoms with Gasteiger partial charge in [0.1, 0.15) is 0 Å². The standard InChI is InChI=1S/C15H17ClO2S/c1-9-5-14(17-3)15(18-4)7-12(9)13-6-11(8-16)19-10(13)2/h5-7H,8H2,1-4H3. The van der Waals surface area contributed by atoms with E-state index in [9.17, 15) is 0 Å². The van der Waals surface area contributed by atoms with E-state index < -0.39 is 0 Å². The second kappa shape index (κ2) is 5.85. The first-order chi connectivity index (χ1) is 9.10. The monoisotopic (exact) mass is 296 g/mol. The molecule has 0 atom stereocenters. The van der Waals surface area contributed by atoms with Crippen molar-refractivity contribution >= 4 is 22.9 Å². The van der Waals surface area contributed by atoms with E-state index in [0.717, 1.165) is 11.5 Å². The van der Waals surface area contributed by atoms with Crippen molar-refractivity contribution in [3.8, 4) is 22.6 Å². The number of rotatable bonds is 4. The molecule has 0 amide bonds. The zero-order valence-corrected chi connectivity index (χ0v) is 13.1. The number of benzene rings is 1. The maximum atomic E-state index is 5.91. The Morgan fingerprint density at radius 2 is 1.63 bits per heavy atom. The van der Waals surface area contributed by atoms with Gasteiger partial charge >= 0.3 is 0 Å². The molecule has 0 N–H and O–H groups in total. The van der Waals surface area contributed by atoms with Crippen LogP contribution < -0.4 is 9.47 Å². The van der Waals surface area contributed by atoms with Crippen LogP contribution in [0.5, 0.6) is 11.5 Å². The molecule has 1 heterocycles. The topological polar surface area (TPSA) is 18.5 Å². The summed E-state index contributed by atoms with van der Waals surface area (Å²) < 4.78 is 10.7. The fourth-order valence-corrected chi connectivity index (χ4v) is 3.29. The van der Waals surface area contributed by atoms with Gasteiger partial charge in [0, 0.05) is 9.75 Å². The molecule has 4 heteroatoms. The smallest absolute Gasteiger partial charge is 0.161 e. The molecule has 0 saturated heterocycles. The van der Waals surface area contributed by atoms with Crippen LogP contribution in [0.4, 0.5) is 0 Å². The van der Waals surface area contributed by atoms with Crippen LogP contribution in [0, 0.1) is 13.8 Å². The zero-order chi connectivity index (χ0) is 14.0. The molecule has 0 spiro atoms. The van der Waals surface area contributed by atoms with E-state index in [2.05, 4.69) is 19.9 Å². The summed E-state index contributed by atoms with van der Waals surface area (Å²) in [6, 6.07) is 6.19. The quantitative estimate of drug-likeness (QED) is 0.755. The van der Waals surface area contributed by atoms with Crippen molar-refractivity contribution in [3.05, 3.63) is 33.5 Å². The van der Waals surface area contributed by atoms with E-state index in [1.165, 1.54) is 26.4 Å². The lowest BCUT2D eigenvalue weighted by Crippen LogP contribution is -1.93. The fourth-order valence-electron chi connectivity index (χ4n) is 2.15. The summed E-state index contributed by atoms with van der Waals surface area (Å²) in [5, 5.41) is 0. The van der Waals surface area contributed by atoms with Crippen LogP contribution in [0.1, 0.15) is 15.3 Å². The van der Waals surface area contributed by atoms with Gasteiger partial charge in [-0.15, -0.1) is 22.9 Å². The normalized spacial score (nSPS) is 10.6. The summed E-state index contributed by atoms with van der Waals surface area (Å²) in [5.74, 6) is 2.06. The fraction of sp³-hybridized carbons (Fsp3) is 0.333. The summed E-state index contributed by atoms with van der Waals surface area (Å²) in [6.45, 7) is 4.20. The molecule has 0 aliphatic rings. The first-order valence-corrected chi connectivity index (χ1v) is 7.34. The molecule has 0 aliphatic heterocycles. The van der Waals surface area contributed by atoms with Crippen LogP contribution in [0.15, 0.2) is 18.2 Å². The lowest BCUT2D eigenvalue weighted by molar-refractivity contribution is 0.355. The third-order valence-electron chi connectivity index (χ3n) is 3.12. The summed E-state index contributed by atoms with van der Waals surface area (Å²) in [4.78, 5) is 2.45.